The minimum Gasteiger partial charge on any atom is -0.472 e. The largest absolute Gasteiger partial charge is 0.472 e. The maximum Gasteiger partial charge on any atom is 0.330 e. The number of carbonyl (C=O) groups is 2. The van der Waals surface area contributed by atoms with Crippen molar-refractivity contribution in [2.24, 2.45) is 0 Å². The SMILES string of the molecule is CC(C)OC(=O)C1CSC(c2ccoc2)N1C(=O)c1ccc(-c2ccccc2)cc1. The molecule has 1 aliphatic rings. The summed E-state index contributed by atoms with van der Waals surface area (Å²) in [4.78, 5) is 27.8. The first-order chi connectivity index (χ1) is 14.5. The van der Waals surface area contributed by atoms with Gasteiger partial charge < -0.3 is 14.1 Å². The first kappa shape index (κ1) is 20.3. The monoisotopic (exact) mass is 421 g/mol. The van der Waals surface area contributed by atoms with Gasteiger partial charge in [-0.25, -0.2) is 4.79 Å². The van der Waals surface area contributed by atoms with Crippen LogP contribution in [0.2, 0.25) is 0 Å². The standard InChI is InChI=1S/C24H23NO4S/c1-16(2)29-24(27)21-15-30-23(20-12-13-28-14-20)25(21)22(26)19-10-8-18(9-11-19)17-6-4-3-5-7-17/h3-14,16,21,23H,15H2,1-2H3. The molecule has 2 atom stereocenters. The third-order valence-corrected chi connectivity index (χ3v) is 6.25. The Morgan fingerprint density at radius 1 is 1.03 bits per heavy atom. The summed E-state index contributed by atoms with van der Waals surface area (Å²) < 4.78 is 10.6. The van der Waals surface area contributed by atoms with Gasteiger partial charge in [-0.05, 0) is 43.2 Å². The number of rotatable bonds is 5. The fourth-order valence-electron chi connectivity index (χ4n) is 3.50. The highest BCUT2D eigenvalue weighted by Crippen LogP contribution is 2.43. The summed E-state index contributed by atoms with van der Waals surface area (Å²) in [6.07, 6.45) is 2.96. The van der Waals surface area contributed by atoms with Crippen LogP contribution in [0.15, 0.2) is 77.6 Å². The van der Waals surface area contributed by atoms with Gasteiger partial charge in [0.15, 0.2) is 0 Å². The Morgan fingerprint density at radius 2 is 1.73 bits per heavy atom. The summed E-state index contributed by atoms with van der Waals surface area (Å²) >= 11 is 1.54. The van der Waals surface area contributed by atoms with Crippen molar-refractivity contribution in [1.82, 2.24) is 4.90 Å². The Balaban J connectivity index is 1.63. The van der Waals surface area contributed by atoms with Crippen molar-refractivity contribution >= 4 is 23.6 Å². The van der Waals surface area contributed by atoms with E-state index >= 15 is 0 Å². The van der Waals surface area contributed by atoms with E-state index in [9.17, 15) is 9.59 Å². The highest BCUT2D eigenvalue weighted by molar-refractivity contribution is 7.99. The number of carbonyl (C=O) groups excluding carboxylic acids is 2. The maximum atomic E-state index is 13.5. The minimum atomic E-state index is -0.640. The fourth-order valence-corrected chi connectivity index (χ4v) is 4.90. The van der Waals surface area contributed by atoms with Gasteiger partial charge in [0, 0.05) is 16.9 Å². The molecule has 1 amide bonds. The van der Waals surface area contributed by atoms with Crippen molar-refractivity contribution in [2.45, 2.75) is 31.4 Å². The van der Waals surface area contributed by atoms with E-state index in [0.29, 0.717) is 11.3 Å². The Kier molecular flexibility index (Phi) is 5.95. The number of amides is 1. The minimum absolute atomic E-state index is 0.198. The lowest BCUT2D eigenvalue weighted by Crippen LogP contribution is -2.44. The third kappa shape index (κ3) is 4.14. The van der Waals surface area contributed by atoms with Gasteiger partial charge >= 0.3 is 5.97 Å². The topological polar surface area (TPSA) is 59.8 Å². The zero-order chi connectivity index (χ0) is 21.1. The number of furan rings is 1. The van der Waals surface area contributed by atoms with Crippen LogP contribution < -0.4 is 0 Å². The molecular weight excluding hydrogens is 398 g/mol. The van der Waals surface area contributed by atoms with Crippen LogP contribution in [0.3, 0.4) is 0 Å². The highest BCUT2D eigenvalue weighted by Gasteiger charge is 2.44. The van der Waals surface area contributed by atoms with Crippen molar-refractivity contribution in [3.63, 3.8) is 0 Å². The molecule has 0 aliphatic carbocycles. The number of ether oxygens (including phenoxy) is 1. The molecule has 0 saturated carbocycles. The van der Waals surface area contributed by atoms with Crippen molar-refractivity contribution in [1.29, 1.82) is 0 Å². The molecule has 154 valence electrons. The van der Waals surface area contributed by atoms with Crippen LogP contribution in [0.1, 0.15) is 35.1 Å². The van der Waals surface area contributed by atoms with Crippen LogP contribution in [-0.4, -0.2) is 34.7 Å². The molecule has 2 unspecified atom stereocenters. The van der Waals surface area contributed by atoms with E-state index < -0.39 is 6.04 Å². The molecule has 4 rings (SSSR count). The zero-order valence-electron chi connectivity index (χ0n) is 16.9. The predicted molar refractivity (Wildman–Crippen MR) is 117 cm³/mol. The Labute approximate surface area is 180 Å². The zero-order valence-corrected chi connectivity index (χ0v) is 17.7. The van der Waals surface area contributed by atoms with Crippen molar-refractivity contribution in [2.75, 3.05) is 5.75 Å². The van der Waals surface area contributed by atoms with E-state index in [-0.39, 0.29) is 23.4 Å². The van der Waals surface area contributed by atoms with Gasteiger partial charge in [-0.15, -0.1) is 11.8 Å². The second kappa shape index (κ2) is 8.79. The van der Waals surface area contributed by atoms with Gasteiger partial charge in [-0.2, -0.15) is 0 Å². The Morgan fingerprint density at radius 3 is 2.37 bits per heavy atom. The van der Waals surface area contributed by atoms with Gasteiger partial charge in [0.05, 0.1) is 18.6 Å². The molecule has 3 aromatic rings. The highest BCUT2D eigenvalue weighted by atomic mass is 32.2. The summed E-state index contributed by atoms with van der Waals surface area (Å²) in [5.41, 5.74) is 3.51. The lowest BCUT2D eigenvalue weighted by atomic mass is 10.0. The number of hydrogen-bond acceptors (Lipinski definition) is 5. The van der Waals surface area contributed by atoms with Crippen LogP contribution >= 0.6 is 11.8 Å². The van der Waals surface area contributed by atoms with Crippen LogP contribution in [0, 0.1) is 0 Å². The number of thioether (sulfide) groups is 1. The van der Waals surface area contributed by atoms with Gasteiger partial charge in [0.1, 0.15) is 11.4 Å². The number of nitrogens with zero attached hydrogens (tertiary/aromatic N) is 1. The quantitative estimate of drug-likeness (QED) is 0.533. The van der Waals surface area contributed by atoms with E-state index in [1.54, 1.807) is 17.4 Å². The van der Waals surface area contributed by atoms with Crippen LogP contribution in [0.4, 0.5) is 0 Å². The van der Waals surface area contributed by atoms with E-state index in [4.69, 9.17) is 9.15 Å². The van der Waals surface area contributed by atoms with Crippen LogP contribution in [0.5, 0.6) is 0 Å². The summed E-state index contributed by atoms with van der Waals surface area (Å²) in [6, 6.07) is 18.7. The lowest BCUT2D eigenvalue weighted by molar-refractivity contribution is -0.151. The Hall–Kier alpha value is -2.99. The molecule has 0 N–H and O–H groups in total. The first-order valence-electron chi connectivity index (χ1n) is 9.87. The normalized spacial score (nSPS) is 18.6. The first-order valence-corrected chi connectivity index (χ1v) is 10.9. The van der Waals surface area contributed by atoms with Gasteiger partial charge in [0.2, 0.25) is 0 Å². The molecule has 1 aliphatic heterocycles. The molecule has 0 spiro atoms. The average molecular weight is 422 g/mol. The molecule has 1 fully saturated rings. The number of esters is 1. The number of hydrogen-bond donors (Lipinski definition) is 0. The molecule has 2 aromatic carbocycles. The van der Waals surface area contributed by atoms with Crippen molar-refractivity contribution in [3.05, 3.63) is 84.3 Å². The maximum absolute atomic E-state index is 13.5. The van der Waals surface area contributed by atoms with Crippen LogP contribution in [0.25, 0.3) is 11.1 Å². The molecule has 0 bridgehead atoms. The van der Waals surface area contributed by atoms with E-state index in [1.807, 2.05) is 74.5 Å². The molecule has 1 saturated heterocycles. The van der Waals surface area contributed by atoms with Gasteiger partial charge in [0.25, 0.3) is 5.91 Å². The summed E-state index contributed by atoms with van der Waals surface area (Å²) in [5, 5.41) is -0.297. The van der Waals surface area contributed by atoms with E-state index in [1.165, 1.54) is 11.8 Å². The second-order valence-electron chi connectivity index (χ2n) is 7.40. The summed E-state index contributed by atoms with van der Waals surface area (Å²) in [5.74, 6) is -0.0934. The number of benzene rings is 2. The van der Waals surface area contributed by atoms with Gasteiger partial charge in [-0.3, -0.25) is 4.79 Å². The van der Waals surface area contributed by atoms with Crippen molar-refractivity contribution < 1.29 is 18.7 Å². The summed E-state index contributed by atoms with van der Waals surface area (Å²) in [6.45, 7) is 3.62. The predicted octanol–water partition coefficient (Wildman–Crippen LogP) is 5.15. The second-order valence-corrected chi connectivity index (χ2v) is 8.51. The van der Waals surface area contributed by atoms with E-state index in [0.717, 1.165) is 16.7 Å². The lowest BCUT2D eigenvalue weighted by Gasteiger charge is -2.28. The molecule has 2 heterocycles. The Bertz CT molecular complexity index is 999. The molecule has 5 nitrogen and oxygen atoms in total. The molecular formula is C24H23NO4S. The molecule has 1 aromatic heterocycles. The third-order valence-electron chi connectivity index (χ3n) is 4.93. The van der Waals surface area contributed by atoms with Crippen molar-refractivity contribution in [3.8, 4) is 11.1 Å². The molecule has 30 heavy (non-hydrogen) atoms. The smallest absolute Gasteiger partial charge is 0.330 e. The average Bonchev–Trinajstić information content (AvgIpc) is 3.43. The van der Waals surface area contributed by atoms with Gasteiger partial charge in [-0.1, -0.05) is 42.5 Å². The molecule has 6 heteroatoms. The summed E-state index contributed by atoms with van der Waals surface area (Å²) in [7, 11) is 0. The van der Waals surface area contributed by atoms with Crippen LogP contribution in [-0.2, 0) is 9.53 Å². The molecule has 0 radical (unpaired) electrons. The fraction of sp³-hybridized carbons (Fsp3) is 0.250. The van der Waals surface area contributed by atoms with E-state index in [2.05, 4.69) is 0 Å².